The normalized spacial score (nSPS) is 13.6. The maximum Gasteiger partial charge on any atom is 0.336 e. The summed E-state index contributed by atoms with van der Waals surface area (Å²) in [6.07, 6.45) is 0.286. The third-order valence-electron chi connectivity index (χ3n) is 1.17. The molecule has 1 atom stereocenters. The molecule has 0 aliphatic rings. The molecule has 0 aromatic rings. The Bertz CT molecular complexity index is 274. The summed E-state index contributed by atoms with van der Waals surface area (Å²) in [6, 6.07) is 0. The van der Waals surface area contributed by atoms with Gasteiger partial charge in [-0.3, -0.25) is 4.18 Å². The predicted molar refractivity (Wildman–Crippen MR) is 51.7 cm³/mol. The minimum Gasteiger partial charge on any atom is -0.464 e. The van der Waals surface area contributed by atoms with Crippen molar-refractivity contribution in [2.45, 2.75) is 19.4 Å². The summed E-state index contributed by atoms with van der Waals surface area (Å²) in [5.41, 5.74) is 0. The van der Waals surface area contributed by atoms with E-state index in [4.69, 9.17) is 11.6 Å². The van der Waals surface area contributed by atoms with Gasteiger partial charge in [-0.05, 0) is 13.3 Å². The lowest BCUT2D eigenvalue weighted by Crippen LogP contribution is -2.26. The number of esters is 1. The van der Waals surface area contributed by atoms with E-state index in [1.165, 1.54) is 6.92 Å². The molecule has 0 aliphatic carbocycles. The Balaban J connectivity index is 3.88. The van der Waals surface area contributed by atoms with Crippen LogP contribution in [0.15, 0.2) is 0 Å². The van der Waals surface area contributed by atoms with Crippen molar-refractivity contribution in [2.75, 3.05) is 18.7 Å². The predicted octanol–water partition coefficient (Wildman–Crippen LogP) is 0.523. The molecule has 0 amide bonds. The Morgan fingerprint density at radius 2 is 2.07 bits per heavy atom. The lowest BCUT2D eigenvalue weighted by atomic mass is 10.4. The summed E-state index contributed by atoms with van der Waals surface area (Å²) < 4.78 is 30.3. The van der Waals surface area contributed by atoms with Crippen molar-refractivity contribution >= 4 is 27.7 Å². The van der Waals surface area contributed by atoms with Gasteiger partial charge in [-0.15, -0.1) is 11.6 Å². The van der Waals surface area contributed by atoms with Crippen LogP contribution in [-0.2, 0) is 23.8 Å². The molecule has 0 aromatic heterocycles. The van der Waals surface area contributed by atoms with E-state index in [2.05, 4.69) is 8.92 Å². The highest BCUT2D eigenvalue weighted by atomic mass is 35.5. The minimum absolute atomic E-state index is 0.166. The number of ether oxygens (including phenoxy) is 1. The molecule has 0 spiro atoms. The largest absolute Gasteiger partial charge is 0.464 e. The fourth-order valence-corrected chi connectivity index (χ4v) is 1.36. The first kappa shape index (κ1) is 13.7. The van der Waals surface area contributed by atoms with Crippen LogP contribution in [0.2, 0.25) is 0 Å². The summed E-state index contributed by atoms with van der Waals surface area (Å²) in [7, 11) is -3.63. The lowest BCUT2D eigenvalue weighted by Gasteiger charge is -2.10. The van der Waals surface area contributed by atoms with Crippen LogP contribution in [0.1, 0.15) is 13.3 Å². The molecular weight excluding hydrogens is 232 g/mol. The fourth-order valence-electron chi connectivity index (χ4n) is 0.646. The zero-order chi connectivity index (χ0) is 11.2. The molecule has 0 N–H and O–H groups in total. The van der Waals surface area contributed by atoms with E-state index in [0.717, 1.165) is 6.26 Å². The summed E-state index contributed by atoms with van der Waals surface area (Å²) in [6.45, 7) is 1.48. The van der Waals surface area contributed by atoms with Crippen molar-refractivity contribution in [1.29, 1.82) is 0 Å². The van der Waals surface area contributed by atoms with E-state index in [9.17, 15) is 13.2 Å². The van der Waals surface area contributed by atoms with E-state index in [1.807, 2.05) is 0 Å². The number of carbonyl (C=O) groups is 1. The van der Waals surface area contributed by atoms with Crippen molar-refractivity contribution in [1.82, 2.24) is 0 Å². The average Bonchev–Trinajstić information content (AvgIpc) is 2.01. The van der Waals surface area contributed by atoms with E-state index >= 15 is 0 Å². The molecule has 0 heterocycles. The van der Waals surface area contributed by atoms with Crippen LogP contribution in [0.3, 0.4) is 0 Å². The Morgan fingerprint density at radius 3 is 2.50 bits per heavy atom. The molecule has 0 saturated heterocycles. The molecule has 0 aromatic carbocycles. The topological polar surface area (TPSA) is 69.7 Å². The molecule has 0 radical (unpaired) electrons. The Hall–Kier alpha value is -0.330. The van der Waals surface area contributed by atoms with Gasteiger partial charge in [0.25, 0.3) is 10.1 Å². The van der Waals surface area contributed by atoms with Crippen LogP contribution in [-0.4, -0.2) is 39.2 Å². The smallest absolute Gasteiger partial charge is 0.336 e. The van der Waals surface area contributed by atoms with Gasteiger partial charge in [-0.1, -0.05) is 0 Å². The monoisotopic (exact) mass is 244 g/mol. The summed E-state index contributed by atoms with van der Waals surface area (Å²) in [4.78, 5) is 11.0. The zero-order valence-electron chi connectivity index (χ0n) is 8.03. The molecular formula is C7H13ClO5S. The van der Waals surface area contributed by atoms with Gasteiger partial charge in [0.05, 0.1) is 12.9 Å². The first-order chi connectivity index (χ1) is 6.37. The Kier molecular flexibility index (Phi) is 6.06. The first-order valence-electron chi connectivity index (χ1n) is 3.97. The van der Waals surface area contributed by atoms with Gasteiger partial charge in [0.15, 0.2) is 6.10 Å². The maximum absolute atomic E-state index is 11.0. The van der Waals surface area contributed by atoms with Gasteiger partial charge < -0.3 is 4.74 Å². The van der Waals surface area contributed by atoms with Gasteiger partial charge in [-0.2, -0.15) is 8.42 Å². The van der Waals surface area contributed by atoms with Gasteiger partial charge in [0.2, 0.25) is 0 Å². The highest BCUT2D eigenvalue weighted by Crippen LogP contribution is 2.00. The highest BCUT2D eigenvalue weighted by molar-refractivity contribution is 7.86. The second-order valence-electron chi connectivity index (χ2n) is 2.65. The Labute approximate surface area is 88.5 Å². The summed E-state index contributed by atoms with van der Waals surface area (Å²) in [5, 5.41) is 0. The molecule has 0 fully saturated rings. The third kappa shape index (κ3) is 7.11. The number of halogens is 1. The number of rotatable bonds is 6. The molecule has 0 unspecified atom stereocenters. The van der Waals surface area contributed by atoms with Crippen molar-refractivity contribution in [3.63, 3.8) is 0 Å². The lowest BCUT2D eigenvalue weighted by molar-refractivity contribution is -0.150. The van der Waals surface area contributed by atoms with Gasteiger partial charge >= 0.3 is 5.97 Å². The minimum atomic E-state index is -3.63. The maximum atomic E-state index is 11.0. The van der Waals surface area contributed by atoms with Crippen LogP contribution < -0.4 is 0 Å². The molecule has 0 rings (SSSR count). The third-order valence-corrected chi connectivity index (χ3v) is 2.08. The molecule has 0 bridgehead atoms. The van der Waals surface area contributed by atoms with E-state index in [0.29, 0.717) is 12.3 Å². The number of hydrogen-bond donors (Lipinski definition) is 0. The van der Waals surface area contributed by atoms with Crippen LogP contribution in [0.5, 0.6) is 0 Å². The second-order valence-corrected chi connectivity index (χ2v) is 4.63. The SMILES string of the molecule is C[C@H](OS(C)(=O)=O)C(=O)OCCCCl. The summed E-state index contributed by atoms with van der Waals surface area (Å²) >= 11 is 5.35. The molecule has 0 aliphatic heterocycles. The van der Waals surface area contributed by atoms with Crippen LogP contribution in [0, 0.1) is 0 Å². The standard InChI is InChI=1S/C7H13ClO5S/c1-6(13-14(2,10)11)7(9)12-5-3-4-8/h6H,3-5H2,1-2H3/t6-/m0/s1. The van der Waals surface area contributed by atoms with Gasteiger partial charge in [-0.25, -0.2) is 4.79 Å². The van der Waals surface area contributed by atoms with Crippen LogP contribution in [0.4, 0.5) is 0 Å². The van der Waals surface area contributed by atoms with Crippen LogP contribution in [0.25, 0.3) is 0 Å². The van der Waals surface area contributed by atoms with Crippen molar-refractivity contribution < 1.29 is 22.1 Å². The Morgan fingerprint density at radius 1 is 1.50 bits per heavy atom. The molecule has 84 valence electrons. The van der Waals surface area contributed by atoms with Crippen molar-refractivity contribution in [2.24, 2.45) is 0 Å². The first-order valence-corrected chi connectivity index (χ1v) is 6.33. The second kappa shape index (κ2) is 6.21. The van der Waals surface area contributed by atoms with Gasteiger partial charge in [0, 0.05) is 5.88 Å². The molecule has 7 heteroatoms. The molecule has 0 saturated carbocycles. The number of alkyl halides is 1. The van der Waals surface area contributed by atoms with Crippen molar-refractivity contribution in [3.05, 3.63) is 0 Å². The van der Waals surface area contributed by atoms with Crippen molar-refractivity contribution in [3.8, 4) is 0 Å². The molecule has 5 nitrogen and oxygen atoms in total. The zero-order valence-corrected chi connectivity index (χ0v) is 9.60. The summed E-state index contributed by atoms with van der Waals surface area (Å²) in [5.74, 6) is -0.324. The fraction of sp³-hybridized carbons (Fsp3) is 0.857. The van der Waals surface area contributed by atoms with E-state index < -0.39 is 22.2 Å². The average molecular weight is 245 g/mol. The highest BCUT2D eigenvalue weighted by Gasteiger charge is 2.19. The quantitative estimate of drug-likeness (QED) is 0.295. The van der Waals surface area contributed by atoms with E-state index in [-0.39, 0.29) is 6.61 Å². The van der Waals surface area contributed by atoms with Gasteiger partial charge in [0.1, 0.15) is 0 Å². The van der Waals surface area contributed by atoms with Crippen LogP contribution >= 0.6 is 11.6 Å². The number of hydrogen-bond acceptors (Lipinski definition) is 5. The molecule has 14 heavy (non-hydrogen) atoms. The van der Waals surface area contributed by atoms with E-state index in [1.54, 1.807) is 0 Å². The number of carbonyl (C=O) groups excluding carboxylic acids is 1.